The fraction of sp³-hybridized carbons (Fsp3) is 0.471. The van der Waals surface area contributed by atoms with Gasteiger partial charge in [-0.25, -0.2) is 4.79 Å². The fourth-order valence-corrected chi connectivity index (χ4v) is 4.22. The minimum Gasteiger partial charge on any atom is -0.454 e. The van der Waals surface area contributed by atoms with E-state index in [0.717, 1.165) is 24.3 Å². The van der Waals surface area contributed by atoms with E-state index in [-0.39, 0.29) is 30.6 Å². The van der Waals surface area contributed by atoms with Crippen LogP contribution in [0.1, 0.15) is 15.9 Å². The highest BCUT2D eigenvalue weighted by Gasteiger charge is 2.67. The number of rotatable bonds is 3. The molecule has 3 aliphatic heterocycles. The van der Waals surface area contributed by atoms with Crippen molar-refractivity contribution in [2.75, 3.05) is 13.2 Å². The highest BCUT2D eigenvalue weighted by Crippen LogP contribution is 2.38. The van der Waals surface area contributed by atoms with Gasteiger partial charge >= 0.3 is 12.1 Å². The van der Waals surface area contributed by atoms with E-state index >= 15 is 0 Å². The molecule has 1 spiro atoms. The zero-order valence-corrected chi connectivity index (χ0v) is 15.3. The Morgan fingerprint density at radius 3 is 2.53 bits per heavy atom. The third kappa shape index (κ3) is 2.92. The Morgan fingerprint density at radius 1 is 1.27 bits per heavy atom. The van der Waals surface area contributed by atoms with Gasteiger partial charge in [0.1, 0.15) is 12.2 Å². The molecule has 10 nitrogen and oxygen atoms in total. The number of nitrogens with zero attached hydrogens (tertiary/aromatic N) is 1. The highest BCUT2D eigenvalue weighted by atomic mass is 19.4. The molecule has 3 fully saturated rings. The van der Waals surface area contributed by atoms with Gasteiger partial charge in [-0.05, 0) is 24.3 Å². The van der Waals surface area contributed by atoms with Crippen molar-refractivity contribution in [1.29, 1.82) is 10.8 Å². The number of guanidine groups is 2. The van der Waals surface area contributed by atoms with Crippen LogP contribution in [0.3, 0.4) is 0 Å². The summed E-state index contributed by atoms with van der Waals surface area (Å²) in [6, 6.07) is 2.08. The summed E-state index contributed by atoms with van der Waals surface area (Å²) in [5.74, 6) is -1.20. The molecule has 1 aromatic rings. The number of carbonyl (C=O) groups is 1. The molecule has 5 atom stereocenters. The Morgan fingerprint density at radius 2 is 1.93 bits per heavy atom. The van der Waals surface area contributed by atoms with Crippen molar-refractivity contribution in [3.8, 4) is 0 Å². The van der Waals surface area contributed by atoms with Gasteiger partial charge in [0.05, 0.1) is 36.4 Å². The second-order valence-corrected chi connectivity index (χ2v) is 7.30. The van der Waals surface area contributed by atoms with Gasteiger partial charge in [0.15, 0.2) is 17.6 Å². The Bertz CT molecular complexity index is 894. The number of alkyl halides is 3. The predicted octanol–water partition coefficient (Wildman–Crippen LogP) is -1.00. The topological polar surface area (TPSA) is 154 Å². The van der Waals surface area contributed by atoms with Crippen LogP contribution in [0.4, 0.5) is 13.2 Å². The number of nitrogens with one attached hydrogen (secondary N) is 5. The normalized spacial score (nSPS) is 32.6. The molecule has 3 saturated heterocycles. The SMILES string of the molecule is N=C1NC2[C@H](CO)NC(=N)N3C[C@H](OC(=O)c4ccc(C(F)(F)F)cc4)[C@H](O)[C@]23N1. The van der Waals surface area contributed by atoms with Crippen LogP contribution in [0.2, 0.25) is 0 Å². The van der Waals surface area contributed by atoms with Crippen molar-refractivity contribution < 1.29 is 32.9 Å². The maximum Gasteiger partial charge on any atom is 0.416 e. The lowest BCUT2D eigenvalue weighted by Crippen LogP contribution is -2.77. The second-order valence-electron chi connectivity index (χ2n) is 7.30. The molecule has 0 saturated carbocycles. The van der Waals surface area contributed by atoms with Crippen LogP contribution >= 0.6 is 0 Å². The van der Waals surface area contributed by atoms with Crippen LogP contribution < -0.4 is 16.0 Å². The fourth-order valence-electron chi connectivity index (χ4n) is 4.22. The summed E-state index contributed by atoms with van der Waals surface area (Å²) in [5.41, 5.74) is -2.44. The summed E-state index contributed by atoms with van der Waals surface area (Å²) in [7, 11) is 0. The van der Waals surface area contributed by atoms with E-state index in [1.54, 1.807) is 0 Å². The quantitative estimate of drug-likeness (QED) is 0.303. The number of hydrogen-bond acceptors (Lipinski definition) is 6. The van der Waals surface area contributed by atoms with Gasteiger partial charge in [-0.1, -0.05) is 0 Å². The molecule has 30 heavy (non-hydrogen) atoms. The van der Waals surface area contributed by atoms with Gasteiger partial charge in [-0.15, -0.1) is 0 Å². The zero-order chi connectivity index (χ0) is 21.8. The zero-order valence-electron chi connectivity index (χ0n) is 15.3. The Kier molecular flexibility index (Phi) is 4.54. The van der Waals surface area contributed by atoms with Gasteiger partial charge in [0, 0.05) is 0 Å². The summed E-state index contributed by atoms with van der Waals surface area (Å²) in [6.45, 7) is -0.483. The number of ether oxygens (including phenoxy) is 1. The first-order valence-corrected chi connectivity index (χ1v) is 9.01. The molecule has 1 unspecified atom stereocenters. The largest absolute Gasteiger partial charge is 0.454 e. The molecule has 4 rings (SSSR count). The van der Waals surface area contributed by atoms with Gasteiger partial charge < -0.3 is 35.8 Å². The van der Waals surface area contributed by atoms with E-state index in [1.165, 1.54) is 4.90 Å². The van der Waals surface area contributed by atoms with Crippen molar-refractivity contribution >= 4 is 17.9 Å². The van der Waals surface area contributed by atoms with Crippen LogP contribution in [-0.4, -0.2) is 76.1 Å². The van der Waals surface area contributed by atoms with Gasteiger partial charge in [-0.3, -0.25) is 10.8 Å². The van der Waals surface area contributed by atoms with E-state index < -0.39 is 47.7 Å². The molecule has 0 aliphatic carbocycles. The molecule has 0 amide bonds. The minimum absolute atomic E-state index is 0.101. The first-order chi connectivity index (χ1) is 14.1. The van der Waals surface area contributed by atoms with Crippen molar-refractivity contribution in [3.63, 3.8) is 0 Å². The lowest BCUT2D eigenvalue weighted by Gasteiger charge is -2.48. The summed E-state index contributed by atoms with van der Waals surface area (Å²) in [4.78, 5) is 13.8. The number of aliphatic hydroxyl groups excluding tert-OH is 2. The first kappa shape index (κ1) is 20.2. The van der Waals surface area contributed by atoms with Gasteiger partial charge in [0.2, 0.25) is 0 Å². The third-order valence-corrected chi connectivity index (χ3v) is 5.61. The van der Waals surface area contributed by atoms with Crippen LogP contribution in [0, 0.1) is 10.8 Å². The van der Waals surface area contributed by atoms with E-state index in [1.807, 2.05) is 0 Å². The smallest absolute Gasteiger partial charge is 0.416 e. The van der Waals surface area contributed by atoms with Crippen molar-refractivity contribution in [2.45, 2.75) is 36.1 Å². The number of benzene rings is 1. The Hall–Kier alpha value is -3.06. The van der Waals surface area contributed by atoms with Crippen LogP contribution in [0.25, 0.3) is 0 Å². The summed E-state index contributed by atoms with van der Waals surface area (Å²) < 4.78 is 43.4. The first-order valence-electron chi connectivity index (χ1n) is 9.01. The van der Waals surface area contributed by atoms with Crippen LogP contribution in [0.5, 0.6) is 0 Å². The highest BCUT2D eigenvalue weighted by molar-refractivity contribution is 5.90. The molecule has 162 valence electrons. The molecule has 0 bridgehead atoms. The number of hydrogen-bond donors (Lipinski definition) is 7. The molecule has 1 aromatic carbocycles. The van der Waals surface area contributed by atoms with Gasteiger partial charge in [-0.2, -0.15) is 13.2 Å². The third-order valence-electron chi connectivity index (χ3n) is 5.61. The van der Waals surface area contributed by atoms with E-state index in [4.69, 9.17) is 15.6 Å². The van der Waals surface area contributed by atoms with Crippen molar-refractivity contribution in [2.24, 2.45) is 0 Å². The van der Waals surface area contributed by atoms with Crippen molar-refractivity contribution in [1.82, 2.24) is 20.9 Å². The molecular weight excluding hydrogens is 409 g/mol. The lowest BCUT2D eigenvalue weighted by molar-refractivity contribution is -0.137. The minimum atomic E-state index is -4.54. The molecule has 3 heterocycles. The maximum atomic E-state index is 12.7. The molecule has 3 aliphatic rings. The average Bonchev–Trinajstić information content (AvgIpc) is 3.18. The second kappa shape index (κ2) is 6.74. The maximum absolute atomic E-state index is 12.7. The Labute approximate surface area is 168 Å². The molecular formula is C17H19F3N6O4. The number of carbonyl (C=O) groups excluding carboxylic acids is 1. The molecule has 13 heteroatoms. The van der Waals surface area contributed by atoms with Crippen LogP contribution in [0.15, 0.2) is 24.3 Å². The summed E-state index contributed by atoms with van der Waals surface area (Å²) in [6.07, 6.45) is -7.07. The number of esters is 1. The van der Waals surface area contributed by atoms with E-state index in [2.05, 4.69) is 16.0 Å². The van der Waals surface area contributed by atoms with E-state index in [0.29, 0.717) is 0 Å². The monoisotopic (exact) mass is 428 g/mol. The molecule has 0 aromatic heterocycles. The van der Waals surface area contributed by atoms with Crippen LogP contribution in [-0.2, 0) is 10.9 Å². The number of aliphatic hydroxyl groups is 2. The van der Waals surface area contributed by atoms with E-state index in [9.17, 15) is 28.2 Å². The summed E-state index contributed by atoms with van der Waals surface area (Å²) >= 11 is 0. The summed E-state index contributed by atoms with van der Waals surface area (Å²) in [5, 5.41) is 45.0. The Balaban J connectivity index is 1.56. The molecule has 7 N–H and O–H groups in total. The molecule has 0 radical (unpaired) electrons. The number of halogens is 3. The lowest BCUT2D eigenvalue weighted by atomic mass is 9.88. The standard InChI is InChI=1S/C17H19F3N6O4/c18-17(19,20)8-3-1-7(2-4-8)13(29)30-10-5-26-15(22)23-9(6-27)11-16(26,12(10)28)25-14(21)24-11/h1-4,9-12,27-28H,5-6H2,(H2,22,23)(H3,21,24,25)/t9-,10-,11?,12-,16-/m0/s1. The predicted molar refractivity (Wildman–Crippen MR) is 95.6 cm³/mol. The van der Waals surface area contributed by atoms with Crippen molar-refractivity contribution in [3.05, 3.63) is 35.4 Å². The average molecular weight is 428 g/mol. The van der Waals surface area contributed by atoms with Gasteiger partial charge in [0.25, 0.3) is 0 Å².